The third kappa shape index (κ3) is 8.34. The molecule has 0 radical (unpaired) electrons. The van der Waals surface area contributed by atoms with E-state index in [9.17, 15) is 18.0 Å². The molecule has 3 rings (SSSR count). The number of halogens is 1. The summed E-state index contributed by atoms with van der Waals surface area (Å²) in [5, 5.41) is 2.34. The lowest BCUT2D eigenvalue weighted by atomic mass is 10.2. The van der Waals surface area contributed by atoms with Gasteiger partial charge in [0.25, 0.3) is 5.91 Å². The van der Waals surface area contributed by atoms with Gasteiger partial charge in [0.2, 0.25) is 0 Å². The smallest absolute Gasteiger partial charge is 0.409 e. The molecule has 8 nitrogen and oxygen atoms in total. The van der Waals surface area contributed by atoms with Crippen LogP contribution in [0.1, 0.15) is 18.4 Å². The number of hydrogen-bond acceptors (Lipinski definition) is 6. The van der Waals surface area contributed by atoms with Crippen molar-refractivity contribution in [3.63, 3.8) is 0 Å². The van der Waals surface area contributed by atoms with Crippen molar-refractivity contribution in [2.24, 2.45) is 0 Å². The van der Waals surface area contributed by atoms with Crippen molar-refractivity contribution >= 4 is 51.5 Å². The summed E-state index contributed by atoms with van der Waals surface area (Å²) in [6.45, 7) is 6.75. The van der Waals surface area contributed by atoms with Crippen LogP contribution in [0, 0.1) is 0 Å². The molecule has 11 heteroatoms. The average molecular weight is 598 g/mol. The van der Waals surface area contributed by atoms with Crippen LogP contribution in [0.15, 0.2) is 51.8 Å². The summed E-state index contributed by atoms with van der Waals surface area (Å²) in [7, 11) is -3.30. The van der Waals surface area contributed by atoms with E-state index in [1.165, 1.54) is 11.0 Å². The maximum atomic E-state index is 13.0. The second-order valence-electron chi connectivity index (χ2n) is 10.1. The van der Waals surface area contributed by atoms with Gasteiger partial charge in [0, 0.05) is 25.3 Å². The molecule has 0 spiro atoms. The molecule has 1 aliphatic rings. The van der Waals surface area contributed by atoms with E-state index in [1.54, 1.807) is 37.4 Å². The van der Waals surface area contributed by atoms with E-state index in [-0.39, 0.29) is 18.0 Å². The number of nitrogens with one attached hydrogen (secondary N) is 1. The Morgan fingerprint density at radius 3 is 2.50 bits per heavy atom. The molecule has 0 heterocycles. The number of carbonyl (C=O) groups is 2. The van der Waals surface area contributed by atoms with Gasteiger partial charge in [-0.2, -0.15) is 0 Å². The Kier molecular flexibility index (Phi) is 9.23. The minimum Gasteiger partial charge on any atom is -0.484 e. The van der Waals surface area contributed by atoms with Crippen molar-refractivity contribution in [2.45, 2.75) is 55.2 Å². The quantitative estimate of drug-likeness (QED) is 0.353. The van der Waals surface area contributed by atoms with Gasteiger partial charge in [-0.05, 0) is 60.8 Å². The second kappa shape index (κ2) is 11.8. The van der Waals surface area contributed by atoms with Crippen molar-refractivity contribution in [3.8, 4) is 5.75 Å². The number of amides is 2. The lowest BCUT2D eigenvalue weighted by Gasteiger charge is -2.21. The van der Waals surface area contributed by atoms with Crippen LogP contribution in [0.3, 0.4) is 0 Å². The fourth-order valence-electron chi connectivity index (χ4n) is 3.39. The van der Waals surface area contributed by atoms with Crippen molar-refractivity contribution in [3.05, 3.63) is 52.5 Å². The first-order valence-electron chi connectivity index (χ1n) is 11.8. The number of carbonyl (C=O) groups excluding carboxylic acids is 2. The summed E-state index contributed by atoms with van der Waals surface area (Å²) in [5.41, 5.74) is 0.848. The Labute approximate surface area is 222 Å². The summed E-state index contributed by atoms with van der Waals surface area (Å²) in [6, 6.07) is 12.6. The molecule has 1 aliphatic carbocycles. The van der Waals surface area contributed by atoms with Crippen LogP contribution in [0.25, 0.3) is 0 Å². The summed E-state index contributed by atoms with van der Waals surface area (Å²) in [5.74, 6) is 0.151. The Hall–Kier alpha value is -2.37. The average Bonchev–Trinajstić information content (AvgIpc) is 3.63. The second-order valence-corrected chi connectivity index (χ2v) is 18.9. The third-order valence-corrected chi connectivity index (χ3v) is 10.1. The molecule has 1 N–H and O–H groups in total. The number of anilines is 1. The number of ether oxygens (including phenoxy) is 2. The predicted octanol–water partition coefficient (Wildman–Crippen LogP) is 5.31. The number of nitrogens with zero attached hydrogens (tertiary/aromatic N) is 1. The van der Waals surface area contributed by atoms with E-state index in [2.05, 4.69) is 40.9 Å². The highest BCUT2D eigenvalue weighted by Crippen LogP contribution is 2.36. The van der Waals surface area contributed by atoms with E-state index in [0.717, 1.165) is 10.5 Å². The predicted molar refractivity (Wildman–Crippen MR) is 146 cm³/mol. The van der Waals surface area contributed by atoms with Crippen LogP contribution < -0.4 is 10.1 Å². The molecule has 1 saturated carbocycles. The Morgan fingerprint density at radius 2 is 1.86 bits per heavy atom. The first kappa shape index (κ1) is 28.2. The molecule has 0 unspecified atom stereocenters. The monoisotopic (exact) mass is 596 g/mol. The van der Waals surface area contributed by atoms with Gasteiger partial charge in [-0.3, -0.25) is 4.79 Å². The molecule has 2 aromatic rings. The van der Waals surface area contributed by atoms with Crippen molar-refractivity contribution in [1.82, 2.24) is 4.90 Å². The van der Waals surface area contributed by atoms with Crippen LogP contribution >= 0.6 is 15.9 Å². The van der Waals surface area contributed by atoms with Crippen LogP contribution in [0.5, 0.6) is 5.75 Å². The Morgan fingerprint density at radius 1 is 1.14 bits per heavy atom. The van der Waals surface area contributed by atoms with Gasteiger partial charge in [-0.1, -0.05) is 41.6 Å². The largest absolute Gasteiger partial charge is 0.484 e. The number of rotatable bonds is 11. The van der Waals surface area contributed by atoms with Crippen LogP contribution in [0.2, 0.25) is 25.7 Å². The Balaban J connectivity index is 1.71. The fraction of sp³-hybridized carbons (Fsp3) is 0.440. The van der Waals surface area contributed by atoms with Crippen molar-refractivity contribution in [1.29, 1.82) is 0 Å². The molecular formula is C25H33BrN2O6SSi. The number of benzene rings is 2. The summed E-state index contributed by atoms with van der Waals surface area (Å²) in [6.07, 6.45) is 0.740. The number of sulfone groups is 1. The lowest BCUT2D eigenvalue weighted by molar-refractivity contribution is -0.118. The Bertz CT molecular complexity index is 1210. The van der Waals surface area contributed by atoms with Gasteiger partial charge < -0.3 is 19.7 Å². The van der Waals surface area contributed by atoms with E-state index in [1.807, 2.05) is 6.07 Å². The molecule has 1 fully saturated rings. The first-order valence-corrected chi connectivity index (χ1v) is 17.8. The van der Waals surface area contributed by atoms with Crippen molar-refractivity contribution in [2.75, 3.05) is 25.6 Å². The number of hydrogen-bond donors (Lipinski definition) is 1. The zero-order valence-corrected chi connectivity index (χ0v) is 24.4. The lowest BCUT2D eigenvalue weighted by Crippen LogP contribution is -2.30. The zero-order chi connectivity index (χ0) is 26.5. The SMILES string of the molecule is CN(Cc1cc(NC(=O)COc2cccc(Br)c2)ccc1S(=O)(=O)C1CC1)C(=O)OCC[Si](C)(C)C. The maximum Gasteiger partial charge on any atom is 0.409 e. The van der Waals surface area contributed by atoms with Gasteiger partial charge in [-0.15, -0.1) is 0 Å². The summed E-state index contributed by atoms with van der Waals surface area (Å²) < 4.78 is 37.8. The van der Waals surface area contributed by atoms with Gasteiger partial charge in [0.05, 0.1) is 23.3 Å². The molecule has 0 saturated heterocycles. The minimum atomic E-state index is -3.51. The first-order chi connectivity index (χ1) is 16.8. The summed E-state index contributed by atoms with van der Waals surface area (Å²) >= 11 is 3.36. The minimum absolute atomic E-state index is 0.0331. The van der Waals surface area contributed by atoms with E-state index in [4.69, 9.17) is 9.47 Å². The van der Waals surface area contributed by atoms with Gasteiger partial charge >= 0.3 is 6.09 Å². The highest BCUT2D eigenvalue weighted by molar-refractivity contribution is 9.10. The molecule has 36 heavy (non-hydrogen) atoms. The van der Waals surface area contributed by atoms with E-state index < -0.39 is 35.2 Å². The molecule has 0 aromatic heterocycles. The van der Waals surface area contributed by atoms with Crippen LogP contribution in [-0.2, 0) is 25.9 Å². The summed E-state index contributed by atoms with van der Waals surface area (Å²) in [4.78, 5) is 26.5. The standard InChI is InChI=1S/C25H33BrN2O6SSi/c1-28(25(30)33-12-13-36(2,3)4)16-18-14-20(8-11-23(18)35(31,32)22-9-10-22)27-24(29)17-34-21-7-5-6-19(26)15-21/h5-8,11,14-15,22H,9-10,12-13,16-17H2,1-4H3,(H,27,29). The topological polar surface area (TPSA) is 102 Å². The molecular weight excluding hydrogens is 564 g/mol. The zero-order valence-electron chi connectivity index (χ0n) is 21.0. The molecule has 2 aromatic carbocycles. The molecule has 0 bridgehead atoms. The van der Waals surface area contributed by atoms with Crippen molar-refractivity contribution < 1.29 is 27.5 Å². The molecule has 0 atom stereocenters. The highest BCUT2D eigenvalue weighted by Gasteiger charge is 2.38. The van der Waals surface area contributed by atoms with Gasteiger partial charge in [0.1, 0.15) is 5.75 Å². The van der Waals surface area contributed by atoms with Gasteiger partial charge in [0.15, 0.2) is 16.4 Å². The fourth-order valence-corrected chi connectivity index (χ4v) is 6.35. The van der Waals surface area contributed by atoms with Crippen LogP contribution in [0.4, 0.5) is 10.5 Å². The van der Waals surface area contributed by atoms with E-state index in [0.29, 0.717) is 36.4 Å². The third-order valence-electron chi connectivity index (χ3n) is 5.58. The molecule has 0 aliphatic heterocycles. The normalized spacial score (nSPS) is 13.7. The van der Waals surface area contributed by atoms with Crippen LogP contribution in [-0.4, -0.2) is 58.9 Å². The van der Waals surface area contributed by atoms with Gasteiger partial charge in [-0.25, -0.2) is 13.2 Å². The molecule has 2 amide bonds. The molecule has 196 valence electrons. The van der Waals surface area contributed by atoms with E-state index >= 15 is 0 Å². The maximum absolute atomic E-state index is 13.0. The highest BCUT2D eigenvalue weighted by atomic mass is 79.9.